The van der Waals surface area contributed by atoms with Crippen LogP contribution in [-0.4, -0.2) is 56.9 Å². The molecule has 1 aliphatic rings. The first kappa shape index (κ1) is 14.4. The van der Waals surface area contributed by atoms with E-state index in [1.54, 1.807) is 7.11 Å². The number of nitrogens with two attached hydrogens (primary N) is 1. The summed E-state index contributed by atoms with van der Waals surface area (Å²) in [6.45, 7) is 3.46. The lowest BCUT2D eigenvalue weighted by Gasteiger charge is -2.31. The van der Waals surface area contributed by atoms with E-state index in [0.717, 1.165) is 0 Å². The van der Waals surface area contributed by atoms with Crippen molar-refractivity contribution in [1.82, 2.24) is 4.90 Å². The number of nitrogens with zero attached hydrogens (tertiary/aromatic N) is 1. The molecule has 2 atom stereocenters. The van der Waals surface area contributed by atoms with E-state index in [2.05, 4.69) is 6.92 Å². The molecule has 0 bridgehead atoms. The van der Waals surface area contributed by atoms with Crippen LogP contribution in [0.25, 0.3) is 0 Å². The Balaban J connectivity index is 2.62. The Morgan fingerprint density at radius 1 is 1.47 bits per heavy atom. The fourth-order valence-electron chi connectivity index (χ4n) is 2.02. The molecule has 100 valence electrons. The molecule has 1 saturated carbocycles. The normalized spacial score (nSPS) is 18.8. The number of methoxy groups -OCH3 is 2. The molecule has 2 N–H and O–H groups in total. The Bertz CT molecular complexity index is 240. The topological polar surface area (TPSA) is 64.8 Å². The van der Waals surface area contributed by atoms with Gasteiger partial charge in [-0.25, -0.2) is 0 Å². The second-order valence-electron chi connectivity index (χ2n) is 4.56. The fourth-order valence-corrected chi connectivity index (χ4v) is 2.02. The van der Waals surface area contributed by atoms with Gasteiger partial charge in [0.05, 0.1) is 6.61 Å². The molecule has 0 spiro atoms. The molecule has 0 heterocycles. The highest BCUT2D eigenvalue weighted by atomic mass is 16.5. The molecular formula is C12H24N2O3. The third-order valence-electron chi connectivity index (χ3n) is 3.39. The molecule has 0 saturated heterocycles. The minimum absolute atomic E-state index is 0.0218. The Morgan fingerprint density at radius 3 is 2.53 bits per heavy atom. The zero-order valence-corrected chi connectivity index (χ0v) is 11.0. The van der Waals surface area contributed by atoms with Gasteiger partial charge in [-0.05, 0) is 25.7 Å². The lowest BCUT2D eigenvalue weighted by Crippen LogP contribution is -2.49. The molecule has 0 aromatic carbocycles. The van der Waals surface area contributed by atoms with Crippen LogP contribution in [0.4, 0.5) is 0 Å². The van der Waals surface area contributed by atoms with Gasteiger partial charge < -0.3 is 20.1 Å². The number of hydrogen-bond donors (Lipinski definition) is 1. The SMILES string of the molecule is COCCN(C(=O)C(CN)OC)C(C)C1CC1. The maximum absolute atomic E-state index is 12.3. The summed E-state index contributed by atoms with van der Waals surface area (Å²) < 4.78 is 10.2. The van der Waals surface area contributed by atoms with Gasteiger partial charge in [0.15, 0.2) is 0 Å². The van der Waals surface area contributed by atoms with Crippen molar-refractivity contribution in [2.45, 2.75) is 31.9 Å². The molecule has 5 nitrogen and oxygen atoms in total. The Morgan fingerprint density at radius 2 is 2.12 bits per heavy atom. The van der Waals surface area contributed by atoms with Crippen molar-refractivity contribution in [3.8, 4) is 0 Å². The molecule has 0 aromatic rings. The molecule has 0 radical (unpaired) electrons. The number of hydrogen-bond acceptors (Lipinski definition) is 4. The molecule has 1 amide bonds. The predicted octanol–water partition coefficient (Wildman–Crippen LogP) is 0.234. The van der Waals surface area contributed by atoms with Gasteiger partial charge in [0.1, 0.15) is 6.10 Å². The van der Waals surface area contributed by atoms with Gasteiger partial charge in [-0.1, -0.05) is 0 Å². The average molecular weight is 244 g/mol. The number of ether oxygens (including phenoxy) is 2. The summed E-state index contributed by atoms with van der Waals surface area (Å²) in [5.41, 5.74) is 5.54. The number of carbonyl (C=O) groups is 1. The van der Waals surface area contributed by atoms with Crippen LogP contribution in [0.2, 0.25) is 0 Å². The van der Waals surface area contributed by atoms with Gasteiger partial charge in [0, 0.05) is 33.4 Å². The van der Waals surface area contributed by atoms with E-state index in [1.165, 1.54) is 20.0 Å². The molecule has 5 heteroatoms. The van der Waals surface area contributed by atoms with Crippen molar-refractivity contribution >= 4 is 5.91 Å². The standard InChI is InChI=1S/C12H24N2O3/c1-9(10-4-5-10)14(6-7-16-2)12(15)11(8-13)17-3/h9-11H,4-8,13H2,1-3H3. The first-order valence-corrected chi connectivity index (χ1v) is 6.18. The van der Waals surface area contributed by atoms with Crippen LogP contribution in [0.15, 0.2) is 0 Å². The Labute approximate surface area is 103 Å². The Hall–Kier alpha value is -0.650. The third kappa shape index (κ3) is 3.94. The second kappa shape index (κ2) is 6.93. The summed E-state index contributed by atoms with van der Waals surface area (Å²) in [6.07, 6.45) is 1.88. The maximum Gasteiger partial charge on any atom is 0.253 e. The minimum Gasteiger partial charge on any atom is -0.383 e. The van der Waals surface area contributed by atoms with Gasteiger partial charge in [-0.3, -0.25) is 4.79 Å². The first-order chi connectivity index (χ1) is 8.15. The first-order valence-electron chi connectivity index (χ1n) is 6.18. The van der Waals surface area contributed by atoms with Crippen LogP contribution in [0.3, 0.4) is 0 Å². The minimum atomic E-state index is -0.534. The van der Waals surface area contributed by atoms with E-state index < -0.39 is 6.10 Å². The second-order valence-corrected chi connectivity index (χ2v) is 4.56. The van der Waals surface area contributed by atoms with E-state index in [4.69, 9.17) is 15.2 Å². The van der Waals surface area contributed by atoms with Crippen molar-refractivity contribution in [2.75, 3.05) is 33.9 Å². The molecule has 1 fully saturated rings. The number of carbonyl (C=O) groups excluding carboxylic acids is 1. The molecule has 1 aliphatic carbocycles. The highest BCUT2D eigenvalue weighted by Gasteiger charge is 2.36. The van der Waals surface area contributed by atoms with E-state index in [9.17, 15) is 4.79 Å². The lowest BCUT2D eigenvalue weighted by atomic mass is 10.1. The molecule has 1 rings (SSSR count). The fraction of sp³-hybridized carbons (Fsp3) is 0.917. The summed E-state index contributed by atoms with van der Waals surface area (Å²) in [5, 5.41) is 0. The number of rotatable bonds is 8. The van der Waals surface area contributed by atoms with Crippen LogP contribution in [0.5, 0.6) is 0 Å². The summed E-state index contributed by atoms with van der Waals surface area (Å²) in [7, 11) is 3.16. The molecular weight excluding hydrogens is 220 g/mol. The molecule has 0 aliphatic heterocycles. The van der Waals surface area contributed by atoms with Gasteiger partial charge in [0.25, 0.3) is 5.91 Å². The van der Waals surface area contributed by atoms with Crippen molar-refractivity contribution < 1.29 is 14.3 Å². The summed E-state index contributed by atoms with van der Waals surface area (Å²) in [6, 6.07) is 0.252. The van der Waals surface area contributed by atoms with Crippen LogP contribution in [0.1, 0.15) is 19.8 Å². The smallest absolute Gasteiger partial charge is 0.253 e. The molecule has 0 aromatic heterocycles. The van der Waals surface area contributed by atoms with Crippen molar-refractivity contribution in [3.05, 3.63) is 0 Å². The monoisotopic (exact) mass is 244 g/mol. The number of amides is 1. The van der Waals surface area contributed by atoms with Gasteiger partial charge in [-0.15, -0.1) is 0 Å². The zero-order valence-electron chi connectivity index (χ0n) is 11.0. The van der Waals surface area contributed by atoms with E-state index >= 15 is 0 Å². The molecule has 17 heavy (non-hydrogen) atoms. The quantitative estimate of drug-likeness (QED) is 0.664. The molecule has 2 unspecified atom stereocenters. The van der Waals surface area contributed by atoms with Crippen LogP contribution < -0.4 is 5.73 Å². The van der Waals surface area contributed by atoms with E-state index in [0.29, 0.717) is 19.1 Å². The van der Waals surface area contributed by atoms with E-state index in [1.807, 2.05) is 4.90 Å². The Kier molecular flexibility index (Phi) is 5.88. The van der Waals surface area contributed by atoms with E-state index in [-0.39, 0.29) is 18.5 Å². The third-order valence-corrected chi connectivity index (χ3v) is 3.39. The van der Waals surface area contributed by atoms with Gasteiger partial charge in [0.2, 0.25) is 0 Å². The van der Waals surface area contributed by atoms with Gasteiger partial charge >= 0.3 is 0 Å². The van der Waals surface area contributed by atoms with Crippen LogP contribution in [0, 0.1) is 5.92 Å². The largest absolute Gasteiger partial charge is 0.383 e. The zero-order chi connectivity index (χ0) is 12.8. The lowest BCUT2D eigenvalue weighted by molar-refractivity contribution is -0.144. The van der Waals surface area contributed by atoms with Crippen molar-refractivity contribution in [1.29, 1.82) is 0 Å². The summed E-state index contributed by atoms with van der Waals surface area (Å²) in [4.78, 5) is 14.1. The van der Waals surface area contributed by atoms with Gasteiger partial charge in [-0.2, -0.15) is 0 Å². The summed E-state index contributed by atoms with van der Waals surface area (Å²) in [5.74, 6) is 0.609. The highest BCUT2D eigenvalue weighted by molar-refractivity contribution is 5.81. The highest BCUT2D eigenvalue weighted by Crippen LogP contribution is 2.35. The van der Waals surface area contributed by atoms with Crippen molar-refractivity contribution in [2.24, 2.45) is 11.7 Å². The van der Waals surface area contributed by atoms with Crippen molar-refractivity contribution in [3.63, 3.8) is 0 Å². The summed E-state index contributed by atoms with van der Waals surface area (Å²) >= 11 is 0. The predicted molar refractivity (Wildman–Crippen MR) is 65.6 cm³/mol. The average Bonchev–Trinajstić information content (AvgIpc) is 3.14. The van der Waals surface area contributed by atoms with Crippen LogP contribution >= 0.6 is 0 Å². The van der Waals surface area contributed by atoms with Crippen LogP contribution in [-0.2, 0) is 14.3 Å². The maximum atomic E-state index is 12.3.